The highest BCUT2D eigenvalue weighted by molar-refractivity contribution is 5.95. The predicted octanol–water partition coefficient (Wildman–Crippen LogP) is 3.40. The van der Waals surface area contributed by atoms with E-state index < -0.39 is 6.04 Å². The number of fused-ring (bicyclic) bond motifs is 1. The van der Waals surface area contributed by atoms with Crippen LogP contribution in [0.2, 0.25) is 0 Å². The maximum absolute atomic E-state index is 12.5. The first-order chi connectivity index (χ1) is 12.6. The number of hydrogen-bond acceptors (Lipinski definition) is 2. The molecule has 0 radical (unpaired) electrons. The summed E-state index contributed by atoms with van der Waals surface area (Å²) in [5.74, 6) is -0.436. The molecule has 134 valence electrons. The zero-order valence-electron chi connectivity index (χ0n) is 14.9. The Hall–Kier alpha value is -2.88. The fourth-order valence-corrected chi connectivity index (χ4v) is 3.26. The van der Waals surface area contributed by atoms with Crippen LogP contribution in [0.3, 0.4) is 0 Å². The van der Waals surface area contributed by atoms with Crippen LogP contribution in [0, 0.1) is 0 Å². The quantitative estimate of drug-likeness (QED) is 0.814. The normalized spacial score (nSPS) is 17.3. The van der Waals surface area contributed by atoms with Crippen molar-refractivity contribution in [1.29, 1.82) is 0 Å². The van der Waals surface area contributed by atoms with Gasteiger partial charge in [0.2, 0.25) is 11.8 Å². The Balaban J connectivity index is 1.55. The standard InChI is InChI=1S/C22H24N2O2/c1-16(23-21(25)15-14-17-8-3-2-4-9-17)22(26)24-20-13-7-11-18-10-5-6-12-19(18)20/h2-6,8-10,12,14-16,20H,7,11,13H2,1H3,(H,23,25)(H,24,26)/b15-14+. The lowest BCUT2D eigenvalue weighted by Gasteiger charge is -2.27. The van der Waals surface area contributed by atoms with E-state index in [1.54, 1.807) is 13.0 Å². The third kappa shape index (κ3) is 4.60. The number of hydrogen-bond donors (Lipinski definition) is 2. The van der Waals surface area contributed by atoms with Crippen LogP contribution in [-0.4, -0.2) is 17.9 Å². The fraction of sp³-hybridized carbons (Fsp3) is 0.273. The summed E-state index contributed by atoms with van der Waals surface area (Å²) in [5, 5.41) is 5.80. The van der Waals surface area contributed by atoms with Crippen LogP contribution in [0.25, 0.3) is 6.08 Å². The molecule has 0 aliphatic heterocycles. The van der Waals surface area contributed by atoms with Crippen molar-refractivity contribution in [2.24, 2.45) is 0 Å². The van der Waals surface area contributed by atoms with Crippen LogP contribution in [0.1, 0.15) is 42.5 Å². The van der Waals surface area contributed by atoms with Gasteiger partial charge in [0.25, 0.3) is 0 Å². The summed E-state index contributed by atoms with van der Waals surface area (Å²) in [6, 6.07) is 17.2. The van der Waals surface area contributed by atoms with E-state index in [1.165, 1.54) is 17.2 Å². The average Bonchev–Trinajstić information content (AvgIpc) is 2.67. The Kier molecular flexibility index (Phi) is 5.84. The molecule has 0 saturated heterocycles. The van der Waals surface area contributed by atoms with Gasteiger partial charge >= 0.3 is 0 Å². The molecule has 0 fully saturated rings. The third-order valence-electron chi connectivity index (χ3n) is 4.66. The van der Waals surface area contributed by atoms with Crippen LogP contribution in [-0.2, 0) is 16.0 Å². The predicted molar refractivity (Wildman–Crippen MR) is 103 cm³/mol. The van der Waals surface area contributed by atoms with Gasteiger partial charge in [-0.05, 0) is 49.0 Å². The number of aryl methyl sites for hydroxylation is 1. The summed E-state index contributed by atoms with van der Waals surface area (Å²) in [7, 11) is 0. The summed E-state index contributed by atoms with van der Waals surface area (Å²) >= 11 is 0. The van der Waals surface area contributed by atoms with Crippen LogP contribution < -0.4 is 10.6 Å². The lowest BCUT2D eigenvalue weighted by atomic mass is 9.87. The molecule has 2 aromatic carbocycles. The Morgan fingerprint density at radius 1 is 1.08 bits per heavy atom. The van der Waals surface area contributed by atoms with Crippen LogP contribution in [0.15, 0.2) is 60.7 Å². The first-order valence-corrected chi connectivity index (χ1v) is 9.05. The molecule has 2 aromatic rings. The maximum atomic E-state index is 12.5. The molecule has 0 bridgehead atoms. The SMILES string of the molecule is CC(NC(=O)/C=C/c1ccccc1)C(=O)NC1CCCc2ccccc21. The van der Waals surface area contributed by atoms with Gasteiger partial charge in [-0.15, -0.1) is 0 Å². The van der Waals surface area contributed by atoms with Gasteiger partial charge in [0.1, 0.15) is 6.04 Å². The highest BCUT2D eigenvalue weighted by Crippen LogP contribution is 2.29. The molecule has 0 aromatic heterocycles. The second kappa shape index (κ2) is 8.48. The Labute approximate surface area is 154 Å². The van der Waals surface area contributed by atoms with E-state index in [1.807, 2.05) is 42.5 Å². The minimum Gasteiger partial charge on any atom is -0.348 e. The number of rotatable bonds is 5. The summed E-state index contributed by atoms with van der Waals surface area (Å²) in [6.45, 7) is 1.71. The van der Waals surface area contributed by atoms with E-state index in [0.717, 1.165) is 24.8 Å². The van der Waals surface area contributed by atoms with Gasteiger partial charge in [0, 0.05) is 6.08 Å². The summed E-state index contributed by atoms with van der Waals surface area (Å²) in [4.78, 5) is 24.5. The summed E-state index contributed by atoms with van der Waals surface area (Å²) in [6.07, 6.45) is 6.23. The van der Waals surface area contributed by atoms with Gasteiger partial charge in [-0.3, -0.25) is 9.59 Å². The van der Waals surface area contributed by atoms with Crippen molar-refractivity contribution in [1.82, 2.24) is 10.6 Å². The molecular weight excluding hydrogens is 324 g/mol. The number of carbonyl (C=O) groups excluding carboxylic acids is 2. The molecule has 2 N–H and O–H groups in total. The van der Waals surface area contributed by atoms with E-state index in [4.69, 9.17) is 0 Å². The molecule has 2 atom stereocenters. The Morgan fingerprint density at radius 2 is 1.81 bits per heavy atom. The fourth-order valence-electron chi connectivity index (χ4n) is 3.26. The molecule has 1 aliphatic rings. The molecule has 0 heterocycles. The minimum absolute atomic E-state index is 0.0201. The first-order valence-electron chi connectivity index (χ1n) is 9.05. The number of amides is 2. The molecular formula is C22H24N2O2. The van der Waals surface area contributed by atoms with Crippen molar-refractivity contribution in [3.05, 3.63) is 77.4 Å². The third-order valence-corrected chi connectivity index (χ3v) is 4.66. The van der Waals surface area contributed by atoms with Gasteiger partial charge < -0.3 is 10.6 Å². The van der Waals surface area contributed by atoms with E-state index >= 15 is 0 Å². The highest BCUT2D eigenvalue weighted by Gasteiger charge is 2.23. The molecule has 26 heavy (non-hydrogen) atoms. The van der Waals surface area contributed by atoms with Crippen LogP contribution >= 0.6 is 0 Å². The zero-order valence-corrected chi connectivity index (χ0v) is 14.9. The monoisotopic (exact) mass is 348 g/mol. The maximum Gasteiger partial charge on any atom is 0.244 e. The van der Waals surface area contributed by atoms with Crippen molar-refractivity contribution in [2.45, 2.75) is 38.3 Å². The van der Waals surface area contributed by atoms with Crippen molar-refractivity contribution < 1.29 is 9.59 Å². The lowest BCUT2D eigenvalue weighted by Crippen LogP contribution is -2.45. The number of carbonyl (C=O) groups is 2. The Morgan fingerprint density at radius 3 is 2.62 bits per heavy atom. The van der Waals surface area contributed by atoms with Crippen molar-refractivity contribution in [3.8, 4) is 0 Å². The number of benzene rings is 2. The largest absolute Gasteiger partial charge is 0.348 e. The van der Waals surface area contributed by atoms with Crippen molar-refractivity contribution in [2.75, 3.05) is 0 Å². The molecule has 0 spiro atoms. The lowest BCUT2D eigenvalue weighted by molar-refractivity contribution is -0.127. The van der Waals surface area contributed by atoms with Gasteiger partial charge in [-0.25, -0.2) is 0 Å². The van der Waals surface area contributed by atoms with Gasteiger partial charge in [0.05, 0.1) is 6.04 Å². The molecule has 1 aliphatic carbocycles. The smallest absolute Gasteiger partial charge is 0.244 e. The van der Waals surface area contributed by atoms with Gasteiger partial charge in [-0.2, -0.15) is 0 Å². The molecule has 4 nitrogen and oxygen atoms in total. The molecule has 3 rings (SSSR count). The summed E-state index contributed by atoms with van der Waals surface area (Å²) in [5.41, 5.74) is 3.43. The second-order valence-corrected chi connectivity index (χ2v) is 6.63. The highest BCUT2D eigenvalue weighted by atomic mass is 16.2. The van der Waals surface area contributed by atoms with Gasteiger partial charge in [-0.1, -0.05) is 54.6 Å². The topological polar surface area (TPSA) is 58.2 Å². The average molecular weight is 348 g/mol. The van der Waals surface area contributed by atoms with E-state index in [9.17, 15) is 9.59 Å². The second-order valence-electron chi connectivity index (χ2n) is 6.63. The van der Waals surface area contributed by atoms with Crippen LogP contribution in [0.5, 0.6) is 0 Å². The molecule has 2 amide bonds. The first kappa shape index (κ1) is 17.9. The molecule has 2 unspecified atom stereocenters. The van der Waals surface area contributed by atoms with Crippen molar-refractivity contribution >= 4 is 17.9 Å². The van der Waals surface area contributed by atoms with E-state index in [2.05, 4.69) is 22.8 Å². The van der Waals surface area contributed by atoms with Gasteiger partial charge in [0.15, 0.2) is 0 Å². The van der Waals surface area contributed by atoms with Crippen LogP contribution in [0.4, 0.5) is 0 Å². The van der Waals surface area contributed by atoms with Crippen molar-refractivity contribution in [3.63, 3.8) is 0 Å². The van der Waals surface area contributed by atoms with E-state index in [0.29, 0.717) is 0 Å². The van der Waals surface area contributed by atoms with E-state index in [-0.39, 0.29) is 17.9 Å². The molecule has 0 saturated carbocycles. The summed E-state index contributed by atoms with van der Waals surface area (Å²) < 4.78 is 0. The zero-order chi connectivity index (χ0) is 18.4. The number of nitrogens with one attached hydrogen (secondary N) is 2. The Bertz CT molecular complexity index is 799. The molecule has 4 heteroatoms. The minimum atomic E-state index is -0.586.